The van der Waals surface area contributed by atoms with Crippen molar-refractivity contribution >= 4 is 58.9 Å². The van der Waals surface area contributed by atoms with Crippen LogP contribution in [0.25, 0.3) is 0 Å². The van der Waals surface area contributed by atoms with Gasteiger partial charge in [-0.05, 0) is 28.5 Å². The van der Waals surface area contributed by atoms with Crippen LogP contribution in [0, 0.1) is 0 Å². The summed E-state index contributed by atoms with van der Waals surface area (Å²) in [6.07, 6.45) is -1.99. The molecule has 2 aromatic rings. The van der Waals surface area contributed by atoms with E-state index in [4.69, 9.17) is 11.6 Å². The van der Waals surface area contributed by atoms with Crippen LogP contribution < -0.4 is 5.32 Å². The quantitative estimate of drug-likeness (QED) is 0.215. The van der Waals surface area contributed by atoms with Gasteiger partial charge in [0, 0.05) is 16.0 Å². The van der Waals surface area contributed by atoms with Gasteiger partial charge in [0.15, 0.2) is 6.10 Å². The van der Waals surface area contributed by atoms with E-state index in [-0.39, 0.29) is 27.7 Å². The summed E-state index contributed by atoms with van der Waals surface area (Å²) in [5.41, 5.74) is 0.148. The predicted molar refractivity (Wildman–Crippen MR) is 122 cm³/mol. The minimum Gasteiger partial charge on any atom is -0.481 e. The van der Waals surface area contributed by atoms with Gasteiger partial charge in [-0.1, -0.05) is 35.5 Å². The van der Waals surface area contributed by atoms with Crippen molar-refractivity contribution in [2.75, 3.05) is 5.75 Å². The van der Waals surface area contributed by atoms with Gasteiger partial charge in [0.05, 0.1) is 6.42 Å². The van der Waals surface area contributed by atoms with Crippen LogP contribution in [-0.2, 0) is 19.2 Å². The summed E-state index contributed by atoms with van der Waals surface area (Å²) in [6.45, 7) is 0. The van der Waals surface area contributed by atoms with Crippen molar-refractivity contribution in [2.24, 2.45) is 0 Å². The first kappa shape index (κ1) is 25.0. The number of amides is 2. The van der Waals surface area contributed by atoms with Crippen molar-refractivity contribution in [3.05, 3.63) is 46.1 Å². The SMILES string of the molecule is O=C(O)CC(Sc1nn[nH]n1)C1=C(C(=O)O)N2C(=O)C(NC(=O)C(O)c3ccc(Cl)cc3)[C@@H]2SC1. The number of nitrogens with zero attached hydrogens (tertiary/aromatic N) is 4. The molecule has 5 N–H and O–H groups in total. The summed E-state index contributed by atoms with van der Waals surface area (Å²) in [5.74, 6) is -4.01. The molecular formula is C19H17ClN6O7S2. The maximum absolute atomic E-state index is 12.9. The number of carbonyl (C=O) groups excluding carboxylic acids is 2. The third kappa shape index (κ3) is 5.12. The number of thioether (sulfide) groups is 2. The van der Waals surface area contributed by atoms with Crippen molar-refractivity contribution in [3.8, 4) is 0 Å². The van der Waals surface area contributed by atoms with Crippen LogP contribution in [-0.4, -0.2) is 87.0 Å². The Morgan fingerprint density at radius 3 is 2.60 bits per heavy atom. The van der Waals surface area contributed by atoms with Crippen molar-refractivity contribution in [1.29, 1.82) is 0 Å². The Kier molecular flexibility index (Phi) is 7.30. The van der Waals surface area contributed by atoms with E-state index in [9.17, 15) is 34.5 Å². The number of rotatable bonds is 9. The molecule has 1 aromatic heterocycles. The van der Waals surface area contributed by atoms with Gasteiger partial charge in [-0.15, -0.1) is 22.0 Å². The van der Waals surface area contributed by atoms with Crippen LogP contribution in [0.4, 0.5) is 0 Å². The number of carboxylic acid groups (broad SMARTS) is 2. The number of aromatic amines is 1. The zero-order valence-corrected chi connectivity index (χ0v) is 19.9. The number of carbonyl (C=O) groups is 4. The smallest absolute Gasteiger partial charge is 0.352 e. The Labute approximate surface area is 210 Å². The number of aromatic nitrogens is 4. The van der Waals surface area contributed by atoms with Crippen molar-refractivity contribution in [3.63, 3.8) is 0 Å². The summed E-state index contributed by atoms with van der Waals surface area (Å²) in [5, 5.41) is 44.1. The van der Waals surface area contributed by atoms with E-state index in [0.29, 0.717) is 5.02 Å². The van der Waals surface area contributed by atoms with Crippen molar-refractivity contribution in [2.45, 2.75) is 34.3 Å². The lowest BCUT2D eigenvalue weighted by molar-refractivity contribution is -0.151. The number of β-lactam (4-membered cyclic amide) rings is 1. The number of fused-ring (bicyclic) bond motifs is 1. The number of aliphatic hydroxyl groups excluding tert-OH is 1. The Morgan fingerprint density at radius 1 is 1.29 bits per heavy atom. The van der Waals surface area contributed by atoms with Crippen LogP contribution in [0.1, 0.15) is 18.1 Å². The molecule has 0 aliphatic carbocycles. The molecule has 4 rings (SSSR count). The third-order valence-corrected chi connectivity index (χ3v) is 7.93. The molecule has 16 heteroatoms. The highest BCUT2D eigenvalue weighted by Gasteiger charge is 2.55. The fraction of sp³-hybridized carbons (Fsp3) is 0.316. The van der Waals surface area contributed by atoms with Gasteiger partial charge in [-0.2, -0.15) is 5.21 Å². The second-order valence-electron chi connectivity index (χ2n) is 7.43. The molecule has 1 saturated heterocycles. The average Bonchev–Trinajstić information content (AvgIpc) is 3.33. The van der Waals surface area contributed by atoms with E-state index < -0.39 is 52.9 Å². The number of benzene rings is 1. The van der Waals surface area contributed by atoms with E-state index in [1.807, 2.05) is 0 Å². The molecule has 0 spiro atoms. The highest BCUT2D eigenvalue weighted by atomic mass is 35.5. The third-order valence-electron chi connectivity index (χ3n) is 5.25. The fourth-order valence-electron chi connectivity index (χ4n) is 3.64. The lowest BCUT2D eigenvalue weighted by Gasteiger charge is -2.50. The zero-order valence-electron chi connectivity index (χ0n) is 17.5. The predicted octanol–water partition coefficient (Wildman–Crippen LogP) is 0.261. The van der Waals surface area contributed by atoms with Crippen molar-refractivity contribution in [1.82, 2.24) is 30.8 Å². The number of nitrogens with one attached hydrogen (secondary N) is 2. The maximum Gasteiger partial charge on any atom is 0.352 e. The van der Waals surface area contributed by atoms with Crippen LogP contribution in [0.5, 0.6) is 0 Å². The molecule has 0 bridgehead atoms. The summed E-state index contributed by atoms with van der Waals surface area (Å²) in [4.78, 5) is 50.0. The topological polar surface area (TPSA) is 199 Å². The van der Waals surface area contributed by atoms with E-state index in [0.717, 1.165) is 16.7 Å². The summed E-state index contributed by atoms with van der Waals surface area (Å²) in [6, 6.07) is 4.89. The van der Waals surface area contributed by atoms with Gasteiger partial charge < -0.3 is 20.6 Å². The molecule has 4 atom stereocenters. The van der Waals surface area contributed by atoms with Gasteiger partial charge in [0.2, 0.25) is 5.16 Å². The first-order valence-electron chi connectivity index (χ1n) is 9.94. The normalized spacial score (nSPS) is 21.1. The molecule has 2 aliphatic heterocycles. The average molecular weight is 541 g/mol. The molecular weight excluding hydrogens is 524 g/mol. The Morgan fingerprint density at radius 2 is 2.00 bits per heavy atom. The summed E-state index contributed by atoms with van der Waals surface area (Å²) < 4.78 is 0. The molecule has 184 valence electrons. The van der Waals surface area contributed by atoms with E-state index in [1.54, 1.807) is 0 Å². The number of tetrazole rings is 1. The molecule has 35 heavy (non-hydrogen) atoms. The van der Waals surface area contributed by atoms with Gasteiger partial charge in [-0.3, -0.25) is 19.3 Å². The van der Waals surface area contributed by atoms with Gasteiger partial charge in [-0.25, -0.2) is 4.79 Å². The number of carboxylic acids is 2. The molecule has 1 fully saturated rings. The minimum atomic E-state index is -1.56. The summed E-state index contributed by atoms with van der Waals surface area (Å²) in [7, 11) is 0. The van der Waals surface area contributed by atoms with E-state index in [1.165, 1.54) is 36.0 Å². The number of halogens is 1. The number of hydrogen-bond donors (Lipinski definition) is 5. The Bertz CT molecular complexity index is 1190. The molecule has 0 radical (unpaired) electrons. The molecule has 0 saturated carbocycles. The van der Waals surface area contributed by atoms with Crippen LogP contribution in [0.2, 0.25) is 5.02 Å². The molecule has 3 unspecified atom stereocenters. The Balaban J connectivity index is 1.54. The minimum absolute atomic E-state index is 0.0883. The number of H-pyrrole nitrogens is 1. The van der Waals surface area contributed by atoms with Gasteiger partial charge in [0.1, 0.15) is 17.1 Å². The largest absolute Gasteiger partial charge is 0.481 e. The number of aliphatic carboxylic acids is 2. The van der Waals surface area contributed by atoms with Gasteiger partial charge in [0.25, 0.3) is 11.8 Å². The molecule has 2 amide bonds. The first-order chi connectivity index (χ1) is 16.7. The Hall–Kier alpha value is -3.14. The lowest BCUT2D eigenvalue weighted by atomic mass is 9.99. The molecule has 3 heterocycles. The van der Waals surface area contributed by atoms with Gasteiger partial charge >= 0.3 is 11.9 Å². The van der Waals surface area contributed by atoms with Crippen LogP contribution in [0.15, 0.2) is 40.7 Å². The monoisotopic (exact) mass is 540 g/mol. The summed E-state index contributed by atoms with van der Waals surface area (Å²) >= 11 is 7.90. The molecule has 2 aliphatic rings. The second-order valence-corrected chi connectivity index (χ2v) is 10.1. The second kappa shape index (κ2) is 10.2. The lowest BCUT2D eigenvalue weighted by Crippen LogP contribution is -2.71. The van der Waals surface area contributed by atoms with E-state index >= 15 is 0 Å². The van der Waals surface area contributed by atoms with E-state index in [2.05, 4.69) is 25.9 Å². The number of aliphatic hydroxyl groups is 1. The highest BCUT2D eigenvalue weighted by Crippen LogP contribution is 2.44. The first-order valence-corrected chi connectivity index (χ1v) is 12.2. The number of hydrogen-bond acceptors (Lipinski definition) is 10. The fourth-order valence-corrected chi connectivity index (χ4v) is 6.30. The zero-order chi connectivity index (χ0) is 25.3. The van der Waals surface area contributed by atoms with Crippen molar-refractivity contribution < 1.29 is 34.5 Å². The molecule has 13 nitrogen and oxygen atoms in total. The maximum atomic E-state index is 12.9. The van der Waals surface area contributed by atoms with Crippen LogP contribution in [0.3, 0.4) is 0 Å². The molecule has 1 aromatic carbocycles. The standard InChI is InChI=1S/C19H17ClN6O7S2/c20-8-3-1-7(2-4-8)14(29)15(30)21-12-16(31)26-13(18(32)33)9(6-34-17(12)26)10(5-11(27)28)35-19-22-24-25-23-19/h1-4,10,12,14,17,29H,5-6H2,(H,21,30)(H,27,28)(H,32,33)(H,22,23,24,25)/t10?,12?,14?,17-/m0/s1. The highest BCUT2D eigenvalue weighted by molar-refractivity contribution is 8.01. The van der Waals surface area contributed by atoms with Crippen LogP contribution >= 0.6 is 35.1 Å².